The number of anilines is 1. The number of amides is 1. The van der Waals surface area contributed by atoms with Crippen LogP contribution in [-0.2, 0) is 4.74 Å². The maximum absolute atomic E-state index is 13.7. The Bertz CT molecular complexity index is 1690. The number of fused-ring (bicyclic) bond motifs is 3. The molecule has 0 N–H and O–H groups in total. The van der Waals surface area contributed by atoms with Crippen LogP contribution in [0.25, 0.3) is 21.2 Å². The van der Waals surface area contributed by atoms with Gasteiger partial charge in [0.25, 0.3) is 5.91 Å². The zero-order valence-corrected chi connectivity index (χ0v) is 19.4. The number of thiazole rings is 1. The van der Waals surface area contributed by atoms with E-state index in [2.05, 4.69) is 4.98 Å². The molecule has 2 aromatic heterocycles. The zero-order chi connectivity index (χ0) is 24.1. The summed E-state index contributed by atoms with van der Waals surface area (Å²) in [4.78, 5) is 45.7. The van der Waals surface area contributed by atoms with Gasteiger partial charge in [0.2, 0.25) is 5.76 Å². The molecule has 0 radical (unpaired) electrons. The molecule has 1 unspecified atom stereocenters. The first-order valence-corrected chi connectivity index (χ1v) is 11.9. The molecule has 1 aliphatic heterocycles. The molecule has 0 aliphatic carbocycles. The van der Waals surface area contributed by atoms with Crippen LogP contribution in [0.1, 0.15) is 45.0 Å². The summed E-state index contributed by atoms with van der Waals surface area (Å²) in [7, 11) is 0. The van der Waals surface area contributed by atoms with E-state index in [4.69, 9.17) is 9.15 Å². The Morgan fingerprint density at radius 2 is 1.83 bits per heavy atom. The number of benzene rings is 3. The average Bonchev–Trinajstić information content (AvgIpc) is 3.43. The first-order valence-electron chi connectivity index (χ1n) is 11.1. The topological polar surface area (TPSA) is 89.7 Å². The van der Waals surface area contributed by atoms with Crippen LogP contribution < -0.4 is 10.3 Å². The lowest BCUT2D eigenvalue weighted by molar-refractivity contribution is 0.0526. The molecule has 3 heterocycles. The number of aromatic nitrogens is 1. The third-order valence-electron chi connectivity index (χ3n) is 5.99. The molecule has 0 bridgehead atoms. The van der Waals surface area contributed by atoms with Crippen molar-refractivity contribution in [2.24, 2.45) is 0 Å². The Morgan fingerprint density at radius 1 is 1.06 bits per heavy atom. The molecule has 6 rings (SSSR count). The van der Waals surface area contributed by atoms with E-state index in [0.29, 0.717) is 32.7 Å². The molecular weight excluding hydrogens is 464 g/mol. The van der Waals surface area contributed by atoms with Crippen molar-refractivity contribution in [3.05, 3.63) is 105 Å². The largest absolute Gasteiger partial charge is 0.462 e. The molecule has 1 atom stereocenters. The second-order valence-corrected chi connectivity index (χ2v) is 9.07. The first-order chi connectivity index (χ1) is 17.1. The predicted octanol–water partition coefficient (Wildman–Crippen LogP) is 5.33. The monoisotopic (exact) mass is 482 g/mol. The minimum atomic E-state index is -0.690. The summed E-state index contributed by atoms with van der Waals surface area (Å²) in [5.41, 5.74) is 2.24. The van der Waals surface area contributed by atoms with Gasteiger partial charge in [0.05, 0.1) is 39.4 Å². The van der Waals surface area contributed by atoms with Crippen LogP contribution in [0.4, 0.5) is 5.13 Å². The van der Waals surface area contributed by atoms with Crippen molar-refractivity contribution in [2.45, 2.75) is 13.0 Å². The minimum Gasteiger partial charge on any atom is -0.462 e. The van der Waals surface area contributed by atoms with E-state index in [1.54, 1.807) is 49.4 Å². The van der Waals surface area contributed by atoms with Crippen molar-refractivity contribution in [3.8, 4) is 0 Å². The van der Waals surface area contributed by atoms with E-state index in [9.17, 15) is 14.4 Å². The van der Waals surface area contributed by atoms with Crippen molar-refractivity contribution in [1.29, 1.82) is 0 Å². The standard InChI is InChI=1S/C27H18N2O5S/c1-2-33-26(32)16-12-13-18-20(14-16)35-27(28-18)29-22(15-8-4-3-5-9-15)21-23(30)17-10-6-7-11-19(17)34-24(21)25(29)31/h3-14,22H,2H2,1H3. The number of carbonyl (C=O) groups excluding carboxylic acids is 2. The van der Waals surface area contributed by atoms with Crippen molar-refractivity contribution >= 4 is 49.5 Å². The Balaban J connectivity index is 1.55. The lowest BCUT2D eigenvalue weighted by Gasteiger charge is -2.22. The van der Waals surface area contributed by atoms with Crippen molar-refractivity contribution < 1.29 is 18.7 Å². The van der Waals surface area contributed by atoms with E-state index < -0.39 is 17.9 Å². The van der Waals surface area contributed by atoms with Crippen molar-refractivity contribution in [1.82, 2.24) is 4.98 Å². The Morgan fingerprint density at radius 3 is 2.63 bits per heavy atom. The zero-order valence-electron chi connectivity index (χ0n) is 18.6. The second kappa shape index (κ2) is 8.18. The van der Waals surface area contributed by atoms with E-state index >= 15 is 0 Å². The first kappa shape index (κ1) is 21.2. The summed E-state index contributed by atoms with van der Waals surface area (Å²) in [6.07, 6.45) is 0. The Hall–Kier alpha value is -4.30. The molecule has 3 aromatic carbocycles. The molecule has 1 amide bonds. The summed E-state index contributed by atoms with van der Waals surface area (Å²) in [6, 6.07) is 20.7. The quantitative estimate of drug-likeness (QED) is 0.322. The summed E-state index contributed by atoms with van der Waals surface area (Å²) >= 11 is 1.27. The van der Waals surface area contributed by atoms with Crippen LogP contribution in [-0.4, -0.2) is 23.5 Å². The minimum absolute atomic E-state index is 0.0222. The van der Waals surface area contributed by atoms with Crippen LogP contribution in [0, 0.1) is 0 Å². The van der Waals surface area contributed by atoms with E-state index in [1.165, 1.54) is 16.2 Å². The van der Waals surface area contributed by atoms with E-state index in [0.717, 1.165) is 10.3 Å². The van der Waals surface area contributed by atoms with Gasteiger partial charge in [-0.3, -0.25) is 14.5 Å². The second-order valence-electron chi connectivity index (χ2n) is 8.06. The van der Waals surface area contributed by atoms with Gasteiger partial charge in [-0.05, 0) is 42.8 Å². The molecule has 0 fully saturated rings. The molecule has 7 nitrogen and oxygen atoms in total. The van der Waals surface area contributed by atoms with Gasteiger partial charge in [0, 0.05) is 0 Å². The van der Waals surface area contributed by atoms with Crippen LogP contribution in [0.5, 0.6) is 0 Å². The maximum atomic E-state index is 13.7. The summed E-state index contributed by atoms with van der Waals surface area (Å²) in [5, 5.41) is 0.833. The number of ether oxygens (including phenoxy) is 1. The number of hydrogen-bond acceptors (Lipinski definition) is 7. The third-order valence-corrected chi connectivity index (χ3v) is 7.00. The molecule has 0 saturated heterocycles. The molecule has 8 heteroatoms. The van der Waals surface area contributed by atoms with Gasteiger partial charge in [-0.1, -0.05) is 53.8 Å². The number of hydrogen-bond donors (Lipinski definition) is 0. The fourth-order valence-electron chi connectivity index (χ4n) is 4.42. The smallest absolute Gasteiger partial charge is 0.338 e. The molecule has 0 saturated carbocycles. The van der Waals surface area contributed by atoms with Crippen LogP contribution in [0.3, 0.4) is 0 Å². The summed E-state index contributed by atoms with van der Waals surface area (Å²) in [6.45, 7) is 2.03. The normalized spacial score (nSPS) is 15.1. The number of esters is 1. The van der Waals surface area contributed by atoms with E-state index in [-0.39, 0.29) is 17.8 Å². The van der Waals surface area contributed by atoms with Gasteiger partial charge < -0.3 is 9.15 Å². The highest BCUT2D eigenvalue weighted by molar-refractivity contribution is 7.22. The highest BCUT2D eigenvalue weighted by Gasteiger charge is 2.44. The van der Waals surface area contributed by atoms with Crippen LogP contribution >= 0.6 is 11.3 Å². The Kier molecular flexibility index (Phi) is 4.96. The fraction of sp³-hybridized carbons (Fsp3) is 0.111. The third kappa shape index (κ3) is 3.33. The highest BCUT2D eigenvalue weighted by atomic mass is 32.1. The SMILES string of the molecule is CCOC(=O)c1ccc2nc(N3C(=O)c4oc5ccccc5c(=O)c4C3c3ccccc3)sc2c1. The number of rotatable bonds is 4. The molecular formula is C27H18N2O5S. The Labute approximate surface area is 203 Å². The van der Waals surface area contributed by atoms with Crippen LogP contribution in [0.15, 0.2) is 82.0 Å². The van der Waals surface area contributed by atoms with Gasteiger partial charge >= 0.3 is 5.97 Å². The lowest BCUT2D eigenvalue weighted by Crippen LogP contribution is -2.29. The van der Waals surface area contributed by atoms with Crippen molar-refractivity contribution in [2.75, 3.05) is 11.5 Å². The van der Waals surface area contributed by atoms with Gasteiger partial charge in [0.1, 0.15) is 5.58 Å². The molecule has 35 heavy (non-hydrogen) atoms. The van der Waals surface area contributed by atoms with Gasteiger partial charge in [-0.15, -0.1) is 0 Å². The molecule has 172 valence electrons. The molecule has 1 aliphatic rings. The molecule has 5 aromatic rings. The van der Waals surface area contributed by atoms with Crippen molar-refractivity contribution in [3.63, 3.8) is 0 Å². The number of carbonyl (C=O) groups is 2. The fourth-order valence-corrected chi connectivity index (χ4v) is 5.46. The van der Waals surface area contributed by atoms with Gasteiger partial charge in [-0.2, -0.15) is 0 Å². The van der Waals surface area contributed by atoms with Gasteiger partial charge in [0.15, 0.2) is 10.6 Å². The molecule has 0 spiro atoms. The highest BCUT2D eigenvalue weighted by Crippen LogP contribution is 2.43. The van der Waals surface area contributed by atoms with E-state index in [1.807, 2.05) is 30.3 Å². The summed E-state index contributed by atoms with van der Waals surface area (Å²) in [5.74, 6) is -0.826. The van der Waals surface area contributed by atoms with Gasteiger partial charge in [-0.25, -0.2) is 9.78 Å². The van der Waals surface area contributed by atoms with Crippen LogP contribution in [0.2, 0.25) is 0 Å². The lowest BCUT2D eigenvalue weighted by atomic mass is 9.99. The maximum Gasteiger partial charge on any atom is 0.338 e. The summed E-state index contributed by atoms with van der Waals surface area (Å²) < 4.78 is 11.8. The number of nitrogens with zero attached hydrogens (tertiary/aromatic N) is 2. The predicted molar refractivity (Wildman–Crippen MR) is 133 cm³/mol. The number of para-hydroxylation sites is 1. The average molecular weight is 483 g/mol.